The van der Waals surface area contributed by atoms with E-state index in [1.165, 1.54) is 6.26 Å². The second-order valence-corrected chi connectivity index (χ2v) is 6.60. The van der Waals surface area contributed by atoms with Crippen molar-refractivity contribution < 1.29 is 18.8 Å². The molecule has 0 spiro atoms. The van der Waals surface area contributed by atoms with E-state index in [1.807, 2.05) is 0 Å². The van der Waals surface area contributed by atoms with Crippen molar-refractivity contribution >= 4 is 17.7 Å². The molecule has 8 heteroatoms. The normalized spacial score (nSPS) is 19.8. The number of primary amides is 1. The third-order valence-corrected chi connectivity index (χ3v) is 5.00. The number of furan rings is 1. The first-order valence-electron chi connectivity index (χ1n) is 8.67. The lowest BCUT2D eigenvalue weighted by Gasteiger charge is -2.36. The molecule has 3 amide bonds. The minimum atomic E-state index is -0.247. The number of piperidine rings is 1. The number of hydrogen-bond donors (Lipinski definition) is 1. The van der Waals surface area contributed by atoms with Crippen LogP contribution in [0.15, 0.2) is 22.8 Å². The van der Waals surface area contributed by atoms with E-state index in [2.05, 4.69) is 4.90 Å². The molecule has 0 unspecified atom stereocenters. The molecule has 136 valence electrons. The predicted molar refractivity (Wildman–Crippen MR) is 89.5 cm³/mol. The summed E-state index contributed by atoms with van der Waals surface area (Å²) >= 11 is 0. The van der Waals surface area contributed by atoms with Gasteiger partial charge in [0.15, 0.2) is 5.76 Å². The van der Waals surface area contributed by atoms with Crippen LogP contribution >= 0.6 is 0 Å². The number of likely N-dealkylation sites (tertiary alicyclic amines) is 1. The van der Waals surface area contributed by atoms with E-state index in [0.29, 0.717) is 51.3 Å². The molecule has 25 heavy (non-hydrogen) atoms. The highest BCUT2D eigenvalue weighted by Crippen LogP contribution is 2.17. The number of carbonyl (C=O) groups excluding carboxylic acids is 3. The summed E-state index contributed by atoms with van der Waals surface area (Å²) in [5.41, 5.74) is 5.33. The highest BCUT2D eigenvalue weighted by molar-refractivity contribution is 5.91. The third-order valence-electron chi connectivity index (χ3n) is 5.00. The van der Waals surface area contributed by atoms with Gasteiger partial charge in [0, 0.05) is 32.1 Å². The monoisotopic (exact) mass is 348 g/mol. The lowest BCUT2D eigenvalue weighted by Crippen LogP contribution is -2.53. The average Bonchev–Trinajstić information content (AvgIpc) is 3.16. The van der Waals surface area contributed by atoms with E-state index in [4.69, 9.17) is 10.2 Å². The molecule has 2 N–H and O–H groups in total. The van der Waals surface area contributed by atoms with Crippen LogP contribution in [0.1, 0.15) is 23.4 Å². The van der Waals surface area contributed by atoms with Crippen molar-refractivity contribution in [1.82, 2.24) is 14.7 Å². The predicted octanol–water partition coefficient (Wildman–Crippen LogP) is -0.239. The first kappa shape index (κ1) is 17.5. The van der Waals surface area contributed by atoms with Crippen LogP contribution in [0.2, 0.25) is 0 Å². The van der Waals surface area contributed by atoms with Crippen LogP contribution in [-0.4, -0.2) is 78.2 Å². The van der Waals surface area contributed by atoms with Gasteiger partial charge in [0.05, 0.1) is 12.8 Å². The lowest BCUT2D eigenvalue weighted by molar-refractivity contribution is -0.134. The highest BCUT2D eigenvalue weighted by atomic mass is 16.3. The molecule has 0 bridgehead atoms. The molecular formula is C17H24N4O4. The zero-order chi connectivity index (χ0) is 17.8. The van der Waals surface area contributed by atoms with E-state index in [1.54, 1.807) is 21.9 Å². The van der Waals surface area contributed by atoms with E-state index in [0.717, 1.165) is 13.1 Å². The number of piperazine rings is 1. The van der Waals surface area contributed by atoms with Crippen molar-refractivity contribution in [3.8, 4) is 0 Å². The summed E-state index contributed by atoms with van der Waals surface area (Å²) in [7, 11) is 0. The van der Waals surface area contributed by atoms with Gasteiger partial charge >= 0.3 is 0 Å². The molecule has 0 radical (unpaired) electrons. The van der Waals surface area contributed by atoms with E-state index in [9.17, 15) is 14.4 Å². The summed E-state index contributed by atoms with van der Waals surface area (Å²) in [6.07, 6.45) is 2.91. The molecule has 0 aromatic carbocycles. The van der Waals surface area contributed by atoms with Gasteiger partial charge in [-0.1, -0.05) is 0 Å². The van der Waals surface area contributed by atoms with Gasteiger partial charge in [-0.25, -0.2) is 0 Å². The number of amides is 3. The zero-order valence-corrected chi connectivity index (χ0v) is 14.2. The number of nitrogens with two attached hydrogens (primary N) is 1. The fraction of sp³-hybridized carbons (Fsp3) is 0.588. The molecule has 1 aromatic heterocycles. The summed E-state index contributed by atoms with van der Waals surface area (Å²) in [6, 6.07) is 3.34. The summed E-state index contributed by atoms with van der Waals surface area (Å²) < 4.78 is 5.14. The van der Waals surface area contributed by atoms with Crippen molar-refractivity contribution in [2.75, 3.05) is 45.8 Å². The summed E-state index contributed by atoms with van der Waals surface area (Å²) in [5, 5.41) is 0. The Morgan fingerprint density at radius 1 is 1.04 bits per heavy atom. The first-order valence-corrected chi connectivity index (χ1v) is 8.67. The molecule has 3 rings (SSSR count). The largest absolute Gasteiger partial charge is 0.459 e. The second kappa shape index (κ2) is 7.69. The van der Waals surface area contributed by atoms with Gasteiger partial charge in [-0.2, -0.15) is 0 Å². The first-order chi connectivity index (χ1) is 12.0. The van der Waals surface area contributed by atoms with E-state index >= 15 is 0 Å². The van der Waals surface area contributed by atoms with Crippen LogP contribution in [0.25, 0.3) is 0 Å². The van der Waals surface area contributed by atoms with Gasteiger partial charge in [-0.05, 0) is 38.1 Å². The molecule has 8 nitrogen and oxygen atoms in total. The molecule has 2 saturated heterocycles. The summed E-state index contributed by atoms with van der Waals surface area (Å²) in [6.45, 7) is 3.88. The molecule has 2 aliphatic rings. The smallest absolute Gasteiger partial charge is 0.289 e. The maximum atomic E-state index is 12.5. The number of carbonyl (C=O) groups is 3. The van der Waals surface area contributed by atoms with E-state index in [-0.39, 0.29) is 23.6 Å². The standard InChI is InChI=1S/C17H24N4O4/c18-16(23)13-3-5-19(6-4-13)12-15(22)20-7-9-21(10-8-20)17(24)14-2-1-11-25-14/h1-2,11,13H,3-10,12H2,(H2,18,23). The molecule has 0 aliphatic carbocycles. The van der Waals surface area contributed by atoms with E-state index < -0.39 is 0 Å². The Kier molecular flexibility index (Phi) is 5.37. The Morgan fingerprint density at radius 2 is 1.68 bits per heavy atom. The maximum Gasteiger partial charge on any atom is 0.289 e. The minimum Gasteiger partial charge on any atom is -0.459 e. The maximum absolute atomic E-state index is 12.5. The fourth-order valence-electron chi connectivity index (χ4n) is 3.38. The average molecular weight is 348 g/mol. The Morgan fingerprint density at radius 3 is 2.24 bits per heavy atom. The van der Waals surface area contributed by atoms with Crippen molar-refractivity contribution in [3.63, 3.8) is 0 Å². The van der Waals surface area contributed by atoms with Crippen LogP contribution < -0.4 is 5.73 Å². The lowest BCUT2D eigenvalue weighted by atomic mass is 9.96. The minimum absolute atomic E-state index is 0.0671. The fourth-order valence-corrected chi connectivity index (χ4v) is 3.38. The van der Waals surface area contributed by atoms with Crippen molar-refractivity contribution in [2.24, 2.45) is 11.7 Å². The molecule has 3 heterocycles. The number of rotatable bonds is 4. The van der Waals surface area contributed by atoms with Crippen LogP contribution in [0, 0.1) is 5.92 Å². The van der Waals surface area contributed by atoms with Gasteiger partial charge < -0.3 is 20.0 Å². The molecule has 1 aromatic rings. The topological polar surface area (TPSA) is 100 Å². The third kappa shape index (κ3) is 4.19. The Balaban J connectivity index is 1.43. The summed E-state index contributed by atoms with van der Waals surface area (Å²) in [5.74, 6) is -0.0452. The van der Waals surface area contributed by atoms with Gasteiger partial charge in [-0.15, -0.1) is 0 Å². The van der Waals surface area contributed by atoms with Crippen LogP contribution in [0.4, 0.5) is 0 Å². The number of hydrogen-bond acceptors (Lipinski definition) is 5. The second-order valence-electron chi connectivity index (χ2n) is 6.60. The molecule has 2 fully saturated rings. The van der Waals surface area contributed by atoms with Gasteiger partial charge in [0.25, 0.3) is 5.91 Å². The summed E-state index contributed by atoms with van der Waals surface area (Å²) in [4.78, 5) is 41.5. The zero-order valence-electron chi connectivity index (χ0n) is 14.2. The Hall–Kier alpha value is -2.35. The Bertz CT molecular complexity index is 615. The van der Waals surface area contributed by atoms with Gasteiger partial charge in [0.1, 0.15) is 0 Å². The number of nitrogens with zero attached hydrogens (tertiary/aromatic N) is 3. The molecule has 0 atom stereocenters. The van der Waals surface area contributed by atoms with Crippen molar-refractivity contribution in [1.29, 1.82) is 0 Å². The molecule has 0 saturated carbocycles. The van der Waals surface area contributed by atoms with Crippen LogP contribution in [0.5, 0.6) is 0 Å². The van der Waals surface area contributed by atoms with Crippen LogP contribution in [-0.2, 0) is 9.59 Å². The SMILES string of the molecule is NC(=O)C1CCN(CC(=O)N2CCN(C(=O)c3ccco3)CC2)CC1. The van der Waals surface area contributed by atoms with Gasteiger partial charge in [0.2, 0.25) is 11.8 Å². The van der Waals surface area contributed by atoms with Crippen molar-refractivity contribution in [2.45, 2.75) is 12.8 Å². The molecule has 2 aliphatic heterocycles. The highest BCUT2D eigenvalue weighted by Gasteiger charge is 2.28. The molecular weight excluding hydrogens is 324 g/mol. The van der Waals surface area contributed by atoms with Gasteiger partial charge in [-0.3, -0.25) is 19.3 Å². The van der Waals surface area contributed by atoms with Crippen molar-refractivity contribution in [3.05, 3.63) is 24.2 Å². The quantitative estimate of drug-likeness (QED) is 0.809. The van der Waals surface area contributed by atoms with Crippen LogP contribution in [0.3, 0.4) is 0 Å². The Labute approximate surface area is 146 Å².